The summed E-state index contributed by atoms with van der Waals surface area (Å²) in [7, 11) is -2.18. The molecule has 0 aliphatic carbocycles. The summed E-state index contributed by atoms with van der Waals surface area (Å²) in [5, 5.41) is 0.586. The minimum atomic E-state index is -2.18. The van der Waals surface area contributed by atoms with Gasteiger partial charge >= 0.3 is 0 Å². The molecular formula is C5H7Cl2OP. The molecule has 0 fully saturated rings. The molecule has 9 heavy (non-hydrogen) atoms. The second-order valence-corrected chi connectivity index (χ2v) is 6.46. The van der Waals surface area contributed by atoms with Crippen molar-refractivity contribution in [1.82, 2.24) is 0 Å². The van der Waals surface area contributed by atoms with Crippen LogP contribution in [0.1, 0.15) is 6.42 Å². The van der Waals surface area contributed by atoms with Crippen LogP contribution in [0.5, 0.6) is 0 Å². The van der Waals surface area contributed by atoms with Crippen molar-refractivity contribution in [2.45, 2.75) is 6.42 Å². The Morgan fingerprint density at radius 1 is 1.56 bits per heavy atom. The average molecular weight is 185 g/mol. The van der Waals surface area contributed by atoms with E-state index in [0.717, 1.165) is 0 Å². The van der Waals surface area contributed by atoms with Gasteiger partial charge in [0, 0.05) is 11.2 Å². The van der Waals surface area contributed by atoms with Crippen LogP contribution < -0.4 is 0 Å². The fraction of sp³-hybridized carbons (Fsp3) is 0.600. The molecule has 1 heterocycles. The van der Waals surface area contributed by atoms with Gasteiger partial charge in [0.05, 0.1) is 4.77 Å². The third-order valence-corrected chi connectivity index (χ3v) is 5.48. The van der Waals surface area contributed by atoms with Crippen LogP contribution in [-0.4, -0.2) is 12.8 Å². The normalized spacial score (nSPS) is 35.9. The quantitative estimate of drug-likeness (QED) is 0.530. The standard InChI is InChI=1S/C5H7Cl2OP/c1-9(8)3-2-4(6)5(9)7/h2-3H2,1H3. The maximum Gasteiger partial charge on any atom is 0.125 e. The maximum absolute atomic E-state index is 11.3. The molecule has 0 radical (unpaired) electrons. The first-order valence-corrected chi connectivity index (χ1v) is 5.75. The fourth-order valence-electron chi connectivity index (χ4n) is 0.769. The molecule has 0 saturated heterocycles. The molecular weight excluding hydrogens is 178 g/mol. The zero-order valence-electron chi connectivity index (χ0n) is 5.03. The van der Waals surface area contributed by atoms with Gasteiger partial charge in [0.1, 0.15) is 7.14 Å². The molecule has 0 aromatic carbocycles. The largest absolute Gasteiger partial charge is 0.318 e. The zero-order chi connectivity index (χ0) is 7.07. The summed E-state index contributed by atoms with van der Waals surface area (Å²) in [4.78, 5) is 0. The Labute approximate surface area is 64.4 Å². The highest BCUT2D eigenvalue weighted by atomic mass is 35.5. The molecule has 0 bridgehead atoms. The van der Waals surface area contributed by atoms with E-state index in [1.807, 2.05) is 0 Å². The minimum Gasteiger partial charge on any atom is -0.318 e. The van der Waals surface area contributed by atoms with Crippen molar-refractivity contribution in [1.29, 1.82) is 0 Å². The lowest BCUT2D eigenvalue weighted by Gasteiger charge is -2.00. The lowest BCUT2D eigenvalue weighted by Crippen LogP contribution is -1.75. The van der Waals surface area contributed by atoms with Crippen molar-refractivity contribution in [2.24, 2.45) is 0 Å². The zero-order valence-corrected chi connectivity index (χ0v) is 7.43. The third kappa shape index (κ3) is 1.34. The van der Waals surface area contributed by atoms with E-state index >= 15 is 0 Å². The monoisotopic (exact) mass is 184 g/mol. The van der Waals surface area contributed by atoms with E-state index in [0.29, 0.717) is 22.4 Å². The molecule has 0 amide bonds. The summed E-state index contributed by atoms with van der Waals surface area (Å²) in [5.41, 5.74) is 0. The van der Waals surface area contributed by atoms with Gasteiger partial charge in [-0.2, -0.15) is 0 Å². The van der Waals surface area contributed by atoms with Crippen molar-refractivity contribution < 1.29 is 4.57 Å². The van der Waals surface area contributed by atoms with Crippen LogP contribution in [-0.2, 0) is 4.57 Å². The first-order valence-electron chi connectivity index (χ1n) is 2.65. The smallest absolute Gasteiger partial charge is 0.125 e. The van der Waals surface area contributed by atoms with Gasteiger partial charge in [-0.3, -0.25) is 0 Å². The van der Waals surface area contributed by atoms with Crippen LogP contribution in [0.15, 0.2) is 9.81 Å². The molecule has 4 heteroatoms. The molecule has 0 aromatic heterocycles. The molecule has 0 saturated carbocycles. The highest BCUT2D eigenvalue weighted by Crippen LogP contribution is 2.60. The predicted octanol–water partition coefficient (Wildman–Crippen LogP) is 3.03. The molecule has 1 aliphatic rings. The molecule has 1 atom stereocenters. The Morgan fingerprint density at radius 3 is 2.22 bits per heavy atom. The van der Waals surface area contributed by atoms with E-state index in [2.05, 4.69) is 0 Å². The van der Waals surface area contributed by atoms with E-state index in [-0.39, 0.29) is 0 Å². The van der Waals surface area contributed by atoms with E-state index in [4.69, 9.17) is 23.2 Å². The Morgan fingerprint density at radius 2 is 2.11 bits per heavy atom. The Kier molecular flexibility index (Phi) is 1.96. The topological polar surface area (TPSA) is 17.1 Å². The van der Waals surface area contributed by atoms with E-state index in [1.54, 1.807) is 6.66 Å². The summed E-state index contributed by atoms with van der Waals surface area (Å²) in [5.74, 6) is 0. The van der Waals surface area contributed by atoms with Gasteiger partial charge in [-0.25, -0.2) is 0 Å². The average Bonchev–Trinajstić information content (AvgIpc) is 1.97. The summed E-state index contributed by atoms with van der Waals surface area (Å²) in [6.45, 7) is 1.67. The maximum atomic E-state index is 11.3. The van der Waals surface area contributed by atoms with Crippen LogP contribution in [0.25, 0.3) is 0 Å². The Bertz CT molecular complexity index is 209. The first-order chi connectivity index (χ1) is 4.04. The lowest BCUT2D eigenvalue weighted by molar-refractivity contribution is 0.585. The second kappa shape index (κ2) is 2.30. The van der Waals surface area contributed by atoms with Gasteiger partial charge in [0.2, 0.25) is 0 Å². The summed E-state index contributed by atoms with van der Waals surface area (Å²) in [6, 6.07) is 0. The summed E-state index contributed by atoms with van der Waals surface area (Å²) < 4.78 is 11.7. The van der Waals surface area contributed by atoms with Crippen LogP contribution >= 0.6 is 30.3 Å². The molecule has 1 unspecified atom stereocenters. The molecule has 0 aromatic rings. The number of hydrogen-bond acceptors (Lipinski definition) is 1. The lowest BCUT2D eigenvalue weighted by atomic mass is 10.5. The van der Waals surface area contributed by atoms with Crippen LogP contribution in [0.3, 0.4) is 0 Å². The summed E-state index contributed by atoms with van der Waals surface area (Å²) >= 11 is 11.3. The molecule has 1 aliphatic heterocycles. The van der Waals surface area contributed by atoms with Gasteiger partial charge in [-0.15, -0.1) is 0 Å². The predicted molar refractivity (Wildman–Crippen MR) is 41.7 cm³/mol. The van der Waals surface area contributed by atoms with Crippen LogP contribution in [0, 0.1) is 0 Å². The Balaban J connectivity index is 3.02. The van der Waals surface area contributed by atoms with Gasteiger partial charge in [0.15, 0.2) is 0 Å². The highest BCUT2D eigenvalue weighted by Gasteiger charge is 2.28. The van der Waals surface area contributed by atoms with Crippen molar-refractivity contribution >= 4 is 30.3 Å². The van der Waals surface area contributed by atoms with E-state index < -0.39 is 7.14 Å². The number of hydrogen-bond donors (Lipinski definition) is 0. The molecule has 1 nitrogen and oxygen atoms in total. The number of rotatable bonds is 0. The molecule has 0 N–H and O–H groups in total. The van der Waals surface area contributed by atoms with Gasteiger partial charge < -0.3 is 4.57 Å². The highest BCUT2D eigenvalue weighted by molar-refractivity contribution is 7.70. The third-order valence-electron chi connectivity index (χ3n) is 1.40. The fourth-order valence-corrected chi connectivity index (χ4v) is 3.35. The van der Waals surface area contributed by atoms with E-state index in [1.165, 1.54) is 0 Å². The van der Waals surface area contributed by atoms with Gasteiger partial charge in [0.25, 0.3) is 0 Å². The van der Waals surface area contributed by atoms with E-state index in [9.17, 15) is 4.57 Å². The van der Waals surface area contributed by atoms with Gasteiger partial charge in [-0.1, -0.05) is 23.2 Å². The molecule has 1 rings (SSSR count). The SMILES string of the molecule is CP1(=O)CCC(Cl)=C1Cl. The summed E-state index contributed by atoms with van der Waals surface area (Å²) in [6.07, 6.45) is 1.33. The number of allylic oxidation sites excluding steroid dienone is 1. The van der Waals surface area contributed by atoms with Crippen LogP contribution in [0.4, 0.5) is 0 Å². The van der Waals surface area contributed by atoms with Crippen molar-refractivity contribution in [3.05, 3.63) is 9.81 Å². The van der Waals surface area contributed by atoms with Gasteiger partial charge in [-0.05, 0) is 13.1 Å². The molecule has 52 valence electrons. The van der Waals surface area contributed by atoms with Crippen molar-refractivity contribution in [3.8, 4) is 0 Å². The Hall–Kier alpha value is 0.550. The number of halogens is 2. The molecule has 0 spiro atoms. The second-order valence-electron chi connectivity index (χ2n) is 2.27. The van der Waals surface area contributed by atoms with Crippen molar-refractivity contribution in [2.75, 3.05) is 12.8 Å². The van der Waals surface area contributed by atoms with Crippen LogP contribution in [0.2, 0.25) is 0 Å². The minimum absolute atomic E-state index is 0.407. The van der Waals surface area contributed by atoms with Crippen molar-refractivity contribution in [3.63, 3.8) is 0 Å². The first kappa shape index (κ1) is 7.65.